The summed E-state index contributed by atoms with van der Waals surface area (Å²) < 4.78 is 0. The minimum Gasteiger partial charge on any atom is -0.326 e. The molecule has 2 aromatic rings. The zero-order valence-electron chi connectivity index (χ0n) is 14.6. The van der Waals surface area contributed by atoms with Crippen molar-refractivity contribution in [2.45, 2.75) is 20.3 Å². The molecule has 0 aliphatic carbocycles. The van der Waals surface area contributed by atoms with Crippen LogP contribution in [0.2, 0.25) is 5.02 Å². The molecule has 1 fully saturated rings. The molecule has 1 aliphatic heterocycles. The van der Waals surface area contributed by atoms with E-state index in [4.69, 9.17) is 11.6 Å². The van der Waals surface area contributed by atoms with Gasteiger partial charge in [-0.3, -0.25) is 14.4 Å². The average molecular weight is 371 g/mol. The number of hydrogen-bond acceptors (Lipinski definition) is 3. The fourth-order valence-electron chi connectivity index (χ4n) is 2.91. The molecule has 0 radical (unpaired) electrons. The van der Waals surface area contributed by atoms with Crippen LogP contribution in [0.5, 0.6) is 0 Å². The molecule has 26 heavy (non-hydrogen) atoms. The van der Waals surface area contributed by atoms with Gasteiger partial charge < -0.3 is 10.2 Å². The van der Waals surface area contributed by atoms with E-state index in [9.17, 15) is 14.4 Å². The maximum absolute atomic E-state index is 12.5. The SMILES string of the molecule is CC(=O)c1ccc(NC(=O)[C@H]2CC(=O)N(c3ccc(C)c(Cl)c3)C2)cc1. The molecular formula is C20H19ClN2O3. The first-order valence-corrected chi connectivity index (χ1v) is 8.71. The van der Waals surface area contributed by atoms with Crippen molar-refractivity contribution in [2.24, 2.45) is 5.92 Å². The predicted octanol–water partition coefficient (Wildman–Crippen LogP) is 3.84. The number of nitrogens with zero attached hydrogens (tertiary/aromatic N) is 1. The second-order valence-electron chi connectivity index (χ2n) is 6.46. The van der Waals surface area contributed by atoms with Gasteiger partial charge in [0.25, 0.3) is 0 Å². The van der Waals surface area contributed by atoms with Crippen LogP contribution < -0.4 is 10.2 Å². The minimum atomic E-state index is -0.435. The van der Waals surface area contributed by atoms with Gasteiger partial charge in [0.1, 0.15) is 0 Å². The summed E-state index contributed by atoms with van der Waals surface area (Å²) in [7, 11) is 0. The topological polar surface area (TPSA) is 66.5 Å². The lowest BCUT2D eigenvalue weighted by Crippen LogP contribution is -2.28. The van der Waals surface area contributed by atoms with Crippen molar-refractivity contribution in [1.29, 1.82) is 0 Å². The zero-order chi connectivity index (χ0) is 18.8. The standard InChI is InChI=1S/C20H19ClN2O3/c1-12-3-8-17(10-18(12)21)23-11-15(9-19(23)25)20(26)22-16-6-4-14(5-7-16)13(2)24/h3-8,10,15H,9,11H2,1-2H3,(H,22,26)/t15-/m0/s1. The highest BCUT2D eigenvalue weighted by molar-refractivity contribution is 6.31. The van der Waals surface area contributed by atoms with E-state index in [0.717, 1.165) is 5.56 Å². The Hall–Kier alpha value is -2.66. The van der Waals surface area contributed by atoms with Crippen molar-refractivity contribution >= 4 is 40.6 Å². The van der Waals surface area contributed by atoms with E-state index in [0.29, 0.717) is 28.5 Å². The van der Waals surface area contributed by atoms with Crippen LogP contribution in [0.15, 0.2) is 42.5 Å². The van der Waals surface area contributed by atoms with Gasteiger partial charge in [0.2, 0.25) is 11.8 Å². The summed E-state index contributed by atoms with van der Waals surface area (Å²) in [5, 5.41) is 3.40. The molecule has 134 valence electrons. The monoisotopic (exact) mass is 370 g/mol. The maximum atomic E-state index is 12.5. The first-order valence-electron chi connectivity index (χ1n) is 8.33. The van der Waals surface area contributed by atoms with E-state index < -0.39 is 5.92 Å². The number of carbonyl (C=O) groups is 3. The highest BCUT2D eigenvalue weighted by Gasteiger charge is 2.35. The Morgan fingerprint density at radius 3 is 2.46 bits per heavy atom. The first-order chi connectivity index (χ1) is 12.3. The van der Waals surface area contributed by atoms with Crippen LogP contribution in [0.25, 0.3) is 0 Å². The smallest absolute Gasteiger partial charge is 0.229 e. The summed E-state index contributed by atoms with van der Waals surface area (Å²) in [5.41, 5.74) is 2.82. The molecule has 1 aliphatic rings. The third-order valence-corrected chi connectivity index (χ3v) is 4.93. The second kappa shape index (κ2) is 7.30. The number of hydrogen-bond donors (Lipinski definition) is 1. The number of carbonyl (C=O) groups excluding carboxylic acids is 3. The average Bonchev–Trinajstić information content (AvgIpc) is 3.00. The Bertz CT molecular complexity index is 877. The van der Waals surface area contributed by atoms with Crippen LogP contribution in [0.1, 0.15) is 29.3 Å². The van der Waals surface area contributed by atoms with Crippen LogP contribution in [0, 0.1) is 12.8 Å². The number of amides is 2. The molecule has 0 aromatic heterocycles. The number of ketones is 1. The summed E-state index contributed by atoms with van der Waals surface area (Å²) in [6, 6.07) is 12.1. The molecule has 2 aromatic carbocycles. The highest BCUT2D eigenvalue weighted by atomic mass is 35.5. The van der Waals surface area contributed by atoms with E-state index in [1.165, 1.54) is 6.92 Å². The molecule has 2 amide bonds. The summed E-state index contributed by atoms with van der Waals surface area (Å²) in [4.78, 5) is 37.7. The molecule has 1 atom stereocenters. The van der Waals surface area contributed by atoms with Gasteiger partial charge in [-0.2, -0.15) is 0 Å². The number of aryl methyl sites for hydroxylation is 1. The van der Waals surface area contributed by atoms with Crippen molar-refractivity contribution < 1.29 is 14.4 Å². The lowest BCUT2D eigenvalue weighted by molar-refractivity contribution is -0.122. The summed E-state index contributed by atoms with van der Waals surface area (Å²) >= 11 is 6.14. The summed E-state index contributed by atoms with van der Waals surface area (Å²) in [6.07, 6.45) is 0.156. The molecule has 1 N–H and O–H groups in total. The van der Waals surface area contributed by atoms with Crippen LogP contribution >= 0.6 is 11.6 Å². The number of Topliss-reactive ketones (excluding diaryl/α,β-unsaturated/α-hetero) is 1. The third kappa shape index (κ3) is 3.78. The van der Waals surface area contributed by atoms with Gasteiger partial charge in [0.05, 0.1) is 5.92 Å². The van der Waals surface area contributed by atoms with E-state index in [1.807, 2.05) is 19.1 Å². The molecule has 1 heterocycles. The number of anilines is 2. The second-order valence-corrected chi connectivity index (χ2v) is 6.87. The molecule has 0 unspecified atom stereocenters. The van der Waals surface area contributed by atoms with Crippen molar-refractivity contribution in [3.05, 3.63) is 58.6 Å². The Balaban J connectivity index is 1.68. The Labute approximate surface area is 156 Å². The van der Waals surface area contributed by atoms with Crippen molar-refractivity contribution in [3.8, 4) is 0 Å². The van der Waals surface area contributed by atoms with Crippen molar-refractivity contribution in [3.63, 3.8) is 0 Å². The Morgan fingerprint density at radius 2 is 1.85 bits per heavy atom. The normalized spacial score (nSPS) is 16.7. The zero-order valence-corrected chi connectivity index (χ0v) is 15.3. The van der Waals surface area contributed by atoms with E-state index >= 15 is 0 Å². The third-order valence-electron chi connectivity index (χ3n) is 4.52. The molecule has 6 heteroatoms. The van der Waals surface area contributed by atoms with Crippen molar-refractivity contribution in [1.82, 2.24) is 0 Å². The van der Waals surface area contributed by atoms with E-state index in [-0.39, 0.29) is 24.0 Å². The van der Waals surface area contributed by atoms with E-state index in [1.54, 1.807) is 35.2 Å². The molecule has 0 saturated carbocycles. The highest BCUT2D eigenvalue weighted by Crippen LogP contribution is 2.29. The van der Waals surface area contributed by atoms with Gasteiger partial charge in [0.15, 0.2) is 5.78 Å². The Morgan fingerprint density at radius 1 is 1.15 bits per heavy atom. The molecular weight excluding hydrogens is 352 g/mol. The van der Waals surface area contributed by atoms with Gasteiger partial charge in [-0.1, -0.05) is 17.7 Å². The first kappa shape index (κ1) is 18.1. The predicted molar refractivity (Wildman–Crippen MR) is 102 cm³/mol. The quantitative estimate of drug-likeness (QED) is 0.831. The van der Waals surface area contributed by atoms with Crippen LogP contribution in [-0.2, 0) is 9.59 Å². The molecule has 5 nitrogen and oxygen atoms in total. The molecule has 1 saturated heterocycles. The minimum absolute atomic E-state index is 0.0309. The van der Waals surface area contributed by atoms with Crippen LogP contribution in [0.4, 0.5) is 11.4 Å². The molecule has 3 rings (SSSR count). The fraction of sp³-hybridized carbons (Fsp3) is 0.250. The number of nitrogens with one attached hydrogen (secondary N) is 1. The van der Waals surface area contributed by atoms with Gasteiger partial charge >= 0.3 is 0 Å². The lowest BCUT2D eigenvalue weighted by atomic mass is 10.1. The van der Waals surface area contributed by atoms with E-state index in [2.05, 4.69) is 5.32 Å². The fourth-order valence-corrected chi connectivity index (χ4v) is 3.09. The lowest BCUT2D eigenvalue weighted by Gasteiger charge is -2.17. The largest absolute Gasteiger partial charge is 0.326 e. The van der Waals surface area contributed by atoms with Gasteiger partial charge in [-0.15, -0.1) is 0 Å². The molecule has 0 bridgehead atoms. The maximum Gasteiger partial charge on any atom is 0.229 e. The van der Waals surface area contributed by atoms with Gasteiger partial charge in [0, 0.05) is 34.9 Å². The van der Waals surface area contributed by atoms with Crippen LogP contribution in [-0.4, -0.2) is 24.1 Å². The Kier molecular flexibility index (Phi) is 5.09. The summed E-state index contributed by atoms with van der Waals surface area (Å²) in [6.45, 7) is 3.70. The number of benzene rings is 2. The van der Waals surface area contributed by atoms with Gasteiger partial charge in [-0.05, 0) is 55.8 Å². The van der Waals surface area contributed by atoms with Gasteiger partial charge in [-0.25, -0.2) is 0 Å². The molecule has 0 spiro atoms. The number of halogens is 1. The van der Waals surface area contributed by atoms with Crippen molar-refractivity contribution in [2.75, 3.05) is 16.8 Å². The summed E-state index contributed by atoms with van der Waals surface area (Å²) in [5.74, 6) is -0.779. The van der Waals surface area contributed by atoms with Crippen LogP contribution in [0.3, 0.4) is 0 Å². The number of rotatable bonds is 4.